The highest BCUT2D eigenvalue weighted by molar-refractivity contribution is 6.27. The summed E-state index contributed by atoms with van der Waals surface area (Å²) in [5, 5.41) is 33.4. The summed E-state index contributed by atoms with van der Waals surface area (Å²) in [6.45, 7) is -0.638. The van der Waals surface area contributed by atoms with Crippen LogP contribution in [0.3, 0.4) is 0 Å². The molecule has 1 aromatic heterocycles. The first-order chi connectivity index (χ1) is 18.9. The largest absolute Gasteiger partial charge is 0.394 e. The molecule has 5 rings (SSSR count). The number of rotatable bonds is 7. The van der Waals surface area contributed by atoms with Crippen LogP contribution in [0.15, 0.2) is 112 Å². The van der Waals surface area contributed by atoms with Crippen molar-refractivity contribution in [1.29, 1.82) is 0 Å². The van der Waals surface area contributed by atoms with Gasteiger partial charge < -0.3 is 20.1 Å². The van der Waals surface area contributed by atoms with Gasteiger partial charge in [0.1, 0.15) is 18.3 Å². The molecule has 0 spiro atoms. The van der Waals surface area contributed by atoms with Crippen LogP contribution in [0.5, 0.6) is 0 Å². The van der Waals surface area contributed by atoms with Gasteiger partial charge in [0.05, 0.1) is 17.6 Å². The molecule has 0 aliphatic carbocycles. The number of hydrogen-bond donors (Lipinski definition) is 4. The minimum Gasteiger partial charge on any atom is -0.394 e. The van der Waals surface area contributed by atoms with E-state index in [0.717, 1.165) is 10.1 Å². The topological polar surface area (TPSA) is 125 Å². The van der Waals surface area contributed by atoms with E-state index in [9.17, 15) is 24.9 Å². The van der Waals surface area contributed by atoms with Crippen LogP contribution in [0.1, 0.15) is 22.3 Å². The van der Waals surface area contributed by atoms with Crippen LogP contribution < -0.4 is 11.2 Å². The van der Waals surface area contributed by atoms with E-state index in [1.807, 2.05) is 91.0 Å². The highest BCUT2D eigenvalue weighted by atomic mass is 35.5. The Morgan fingerprint density at radius 1 is 0.897 bits per heavy atom. The van der Waals surface area contributed by atoms with Crippen molar-refractivity contribution in [2.45, 2.75) is 29.5 Å². The van der Waals surface area contributed by atoms with Crippen molar-refractivity contribution in [3.63, 3.8) is 0 Å². The molecular weight excluding hydrogens is 520 g/mol. The van der Waals surface area contributed by atoms with Crippen LogP contribution in [-0.2, 0) is 15.9 Å². The fraction of sp³-hybridized carbons (Fsp3) is 0.200. The minimum absolute atomic E-state index is 0.0183. The maximum atomic E-state index is 13.7. The predicted molar refractivity (Wildman–Crippen MR) is 147 cm³/mol. The molecule has 0 amide bonds. The molecule has 1 aliphatic heterocycles. The third kappa shape index (κ3) is 4.09. The maximum absolute atomic E-state index is 13.7. The zero-order chi connectivity index (χ0) is 27.6. The lowest BCUT2D eigenvalue weighted by Gasteiger charge is -2.51. The van der Waals surface area contributed by atoms with Crippen molar-refractivity contribution in [3.05, 3.63) is 146 Å². The number of H-pyrrole nitrogens is 1. The van der Waals surface area contributed by atoms with E-state index in [2.05, 4.69) is 4.98 Å². The summed E-state index contributed by atoms with van der Waals surface area (Å²) in [5.41, 5.74) is -2.17. The Morgan fingerprint density at radius 3 is 1.79 bits per heavy atom. The zero-order valence-electron chi connectivity index (χ0n) is 20.7. The van der Waals surface area contributed by atoms with Crippen molar-refractivity contribution in [2.75, 3.05) is 6.61 Å². The number of hydrogen-bond acceptors (Lipinski definition) is 6. The van der Waals surface area contributed by atoms with Gasteiger partial charge in [0, 0.05) is 11.7 Å². The Morgan fingerprint density at radius 2 is 1.38 bits per heavy atom. The van der Waals surface area contributed by atoms with Gasteiger partial charge in [-0.25, -0.2) is 4.79 Å². The molecule has 1 saturated heterocycles. The van der Waals surface area contributed by atoms with Gasteiger partial charge in [0.25, 0.3) is 5.56 Å². The second-order valence-electron chi connectivity index (χ2n) is 9.33. The van der Waals surface area contributed by atoms with Crippen molar-refractivity contribution in [1.82, 2.24) is 9.55 Å². The highest BCUT2D eigenvalue weighted by Crippen LogP contribution is 2.56. The van der Waals surface area contributed by atoms with E-state index < -0.39 is 47.3 Å². The van der Waals surface area contributed by atoms with Crippen molar-refractivity contribution in [2.24, 2.45) is 0 Å². The summed E-state index contributed by atoms with van der Waals surface area (Å²) in [5.74, 6) is 0. The predicted octanol–water partition coefficient (Wildman–Crippen LogP) is 2.55. The number of aliphatic hydroxyl groups is 3. The lowest BCUT2D eigenvalue weighted by molar-refractivity contribution is -0.180. The van der Waals surface area contributed by atoms with Crippen LogP contribution >= 0.6 is 11.6 Å². The minimum atomic E-state index is -2.11. The molecule has 0 radical (unpaired) electrons. The molecule has 9 heteroatoms. The van der Waals surface area contributed by atoms with Crippen LogP contribution in [0.4, 0.5) is 0 Å². The number of aromatic amines is 1. The third-order valence-electron chi connectivity index (χ3n) is 7.34. The SMILES string of the molecule is O=c1[nH]c(=O)n([C@]2(C(c3ccccc3)(c3ccccc3)c3ccccc3)O[C@H](CO)[C@@H](O)[C@H]2O)cc1/C=C/Cl. The third-order valence-corrected chi connectivity index (χ3v) is 7.47. The molecule has 3 aromatic carbocycles. The number of benzene rings is 3. The van der Waals surface area contributed by atoms with Gasteiger partial charge in [-0.1, -0.05) is 103 Å². The van der Waals surface area contributed by atoms with Gasteiger partial charge >= 0.3 is 5.69 Å². The first-order valence-electron chi connectivity index (χ1n) is 12.4. The van der Waals surface area contributed by atoms with Crippen LogP contribution in [0, 0.1) is 0 Å². The van der Waals surface area contributed by atoms with Gasteiger partial charge in [0.15, 0.2) is 5.72 Å². The molecule has 0 unspecified atom stereocenters. The summed E-state index contributed by atoms with van der Waals surface area (Å²) in [6, 6.07) is 27.5. The molecule has 4 aromatic rings. The van der Waals surface area contributed by atoms with E-state index in [-0.39, 0.29) is 5.56 Å². The first-order valence-corrected chi connectivity index (χ1v) is 12.8. The summed E-state index contributed by atoms with van der Waals surface area (Å²) in [6.07, 6.45) is -2.05. The zero-order valence-corrected chi connectivity index (χ0v) is 21.5. The fourth-order valence-corrected chi connectivity index (χ4v) is 5.88. The summed E-state index contributed by atoms with van der Waals surface area (Å²) >= 11 is 5.80. The summed E-state index contributed by atoms with van der Waals surface area (Å²) < 4.78 is 7.62. The van der Waals surface area contributed by atoms with Gasteiger partial charge in [-0.2, -0.15) is 0 Å². The van der Waals surface area contributed by atoms with Gasteiger partial charge in [-0.15, -0.1) is 0 Å². The van der Waals surface area contributed by atoms with E-state index >= 15 is 0 Å². The normalized spacial score (nSPS) is 23.3. The quantitative estimate of drug-likeness (QED) is 0.264. The molecule has 1 fully saturated rings. The monoisotopic (exact) mass is 546 g/mol. The van der Waals surface area contributed by atoms with Gasteiger partial charge in [-0.05, 0) is 22.8 Å². The Hall–Kier alpha value is -3.79. The van der Waals surface area contributed by atoms with E-state index in [0.29, 0.717) is 16.7 Å². The second-order valence-corrected chi connectivity index (χ2v) is 9.58. The smallest absolute Gasteiger partial charge is 0.330 e. The molecule has 1 aliphatic rings. The number of halogens is 1. The first kappa shape index (κ1) is 26.8. The molecule has 0 saturated carbocycles. The Kier molecular flexibility index (Phi) is 7.40. The fourth-order valence-electron chi connectivity index (χ4n) is 5.74. The van der Waals surface area contributed by atoms with Gasteiger partial charge in [-0.3, -0.25) is 14.3 Å². The number of aromatic nitrogens is 2. The van der Waals surface area contributed by atoms with Crippen molar-refractivity contribution >= 4 is 17.7 Å². The lowest BCUT2D eigenvalue weighted by atomic mass is 9.60. The van der Waals surface area contributed by atoms with Gasteiger partial charge in [0.2, 0.25) is 0 Å². The standard InChI is InChI=1S/C30H27ClN2O6/c31-17-16-20-18-33(28(38)32-27(20)37)30(26(36)25(35)24(19-34)39-30)29(21-10-4-1-5-11-21,22-12-6-2-7-13-22)23-14-8-3-9-15-23/h1-18,24-26,34-36H,19H2,(H,32,37,38)/b17-16+/t24-,25-,26-,30+/m1/s1. The maximum Gasteiger partial charge on any atom is 0.330 e. The molecule has 39 heavy (non-hydrogen) atoms. The average Bonchev–Trinajstić information content (AvgIpc) is 3.23. The molecular formula is C30H27ClN2O6. The number of ether oxygens (including phenoxy) is 1. The lowest BCUT2D eigenvalue weighted by Crippen LogP contribution is -2.64. The van der Waals surface area contributed by atoms with Crippen molar-refractivity contribution in [3.8, 4) is 0 Å². The van der Waals surface area contributed by atoms with Crippen LogP contribution in [-0.4, -0.2) is 49.8 Å². The molecule has 4 atom stereocenters. The summed E-state index contributed by atoms with van der Waals surface area (Å²) in [7, 11) is 0. The molecule has 200 valence electrons. The Balaban J connectivity index is 2.05. The Bertz CT molecular complexity index is 1480. The number of nitrogens with zero attached hydrogens (tertiary/aromatic N) is 1. The number of nitrogens with one attached hydrogen (secondary N) is 1. The van der Waals surface area contributed by atoms with E-state index in [1.54, 1.807) is 0 Å². The van der Waals surface area contributed by atoms with Crippen LogP contribution in [0.2, 0.25) is 0 Å². The molecule has 4 N–H and O–H groups in total. The van der Waals surface area contributed by atoms with Crippen LogP contribution in [0.25, 0.3) is 6.08 Å². The molecule has 0 bridgehead atoms. The summed E-state index contributed by atoms with van der Waals surface area (Å²) in [4.78, 5) is 28.6. The van der Waals surface area contributed by atoms with Crippen molar-refractivity contribution < 1.29 is 20.1 Å². The Labute approximate surface area is 229 Å². The second kappa shape index (κ2) is 10.8. The van der Waals surface area contributed by atoms with E-state index in [4.69, 9.17) is 16.3 Å². The highest BCUT2D eigenvalue weighted by Gasteiger charge is 2.68. The molecule has 8 nitrogen and oxygen atoms in total. The average molecular weight is 547 g/mol. The molecule has 2 heterocycles. The van der Waals surface area contributed by atoms with E-state index in [1.165, 1.54) is 12.3 Å². The number of aliphatic hydroxyl groups excluding tert-OH is 3.